The monoisotopic (exact) mass is 653 g/mol. The quantitative estimate of drug-likeness (QED) is 0.179. The van der Waals surface area contributed by atoms with Crippen LogP contribution in [0.25, 0.3) is 78.7 Å². The molecule has 0 saturated carbocycles. The van der Waals surface area contributed by atoms with Gasteiger partial charge in [0.25, 0.3) is 0 Å². The van der Waals surface area contributed by atoms with E-state index >= 15 is 0 Å². The van der Waals surface area contributed by atoms with Crippen molar-refractivity contribution in [2.24, 2.45) is 0 Å². The third kappa shape index (κ3) is 5.53. The third-order valence-corrected chi connectivity index (χ3v) is 10.2. The van der Waals surface area contributed by atoms with E-state index in [4.69, 9.17) is 15.0 Å². The fraction of sp³-hybridized carbons (Fsp3) is 0.0625. The van der Waals surface area contributed by atoms with E-state index < -0.39 is 0 Å². The normalized spacial score (nSPS) is 12.7. The molecule has 1 aromatic heterocycles. The van der Waals surface area contributed by atoms with Gasteiger partial charge in [0, 0.05) is 22.1 Å². The molecule has 3 nitrogen and oxygen atoms in total. The van der Waals surface area contributed by atoms with Crippen molar-refractivity contribution in [2.45, 2.75) is 19.3 Å². The van der Waals surface area contributed by atoms with Crippen LogP contribution in [0.4, 0.5) is 0 Å². The highest BCUT2D eigenvalue weighted by atomic mass is 15.0. The molecule has 7 aromatic carbocycles. The molecule has 0 bridgehead atoms. The lowest BCUT2D eigenvalue weighted by atomic mass is 9.82. The van der Waals surface area contributed by atoms with Gasteiger partial charge in [-0.15, -0.1) is 0 Å². The van der Waals surface area contributed by atoms with Gasteiger partial charge in [0.1, 0.15) is 0 Å². The number of fused-ring (bicyclic) bond motifs is 3. The Morgan fingerprint density at radius 1 is 0.314 bits per heavy atom. The van der Waals surface area contributed by atoms with Gasteiger partial charge < -0.3 is 0 Å². The molecule has 0 fully saturated rings. The second kappa shape index (κ2) is 12.5. The van der Waals surface area contributed by atoms with Crippen LogP contribution >= 0.6 is 0 Å². The molecule has 0 aliphatic heterocycles. The van der Waals surface area contributed by atoms with E-state index in [2.05, 4.69) is 129 Å². The van der Waals surface area contributed by atoms with Crippen molar-refractivity contribution in [2.75, 3.05) is 0 Å². The molecule has 0 spiro atoms. The molecule has 0 atom stereocenters. The molecule has 0 amide bonds. The van der Waals surface area contributed by atoms with Crippen molar-refractivity contribution in [1.82, 2.24) is 15.0 Å². The molecule has 242 valence electrons. The highest BCUT2D eigenvalue weighted by Gasteiger charge is 2.36. The van der Waals surface area contributed by atoms with Crippen LogP contribution in [0.5, 0.6) is 0 Å². The molecule has 1 aliphatic rings. The Bertz CT molecular complexity index is 2480. The first kappa shape index (κ1) is 30.6. The maximum atomic E-state index is 4.95. The first-order valence-corrected chi connectivity index (χ1v) is 17.4. The summed E-state index contributed by atoms with van der Waals surface area (Å²) in [6.45, 7) is 4.67. The van der Waals surface area contributed by atoms with Crippen molar-refractivity contribution in [3.63, 3.8) is 0 Å². The van der Waals surface area contributed by atoms with Crippen molar-refractivity contribution in [3.05, 3.63) is 187 Å². The molecule has 0 radical (unpaired) electrons. The Morgan fingerprint density at radius 2 is 0.725 bits per heavy atom. The second-order valence-corrected chi connectivity index (χ2v) is 13.7. The Hall–Kier alpha value is -6.45. The van der Waals surface area contributed by atoms with Gasteiger partial charge in [-0.1, -0.05) is 178 Å². The molecule has 0 N–H and O–H groups in total. The Labute approximate surface area is 299 Å². The smallest absolute Gasteiger partial charge is 0.164 e. The standard InChI is InChI=1S/C48H35N3/c1-48(2)42-24-10-9-22-41(42)44-40(23-13-25-43(44)48)33-28-26-32(27-29-33)36-18-11-19-37(30-36)38-20-12-21-39(31-38)47-50-45(34-14-5-3-6-15-34)49-46(51-47)35-16-7-4-8-17-35/h3-31H,1-2H3. The number of rotatable bonds is 6. The first-order valence-electron chi connectivity index (χ1n) is 17.4. The van der Waals surface area contributed by atoms with E-state index in [9.17, 15) is 0 Å². The lowest BCUT2D eigenvalue weighted by Gasteiger charge is -2.21. The Balaban J connectivity index is 1.05. The first-order chi connectivity index (χ1) is 25.0. The average molecular weight is 654 g/mol. The highest BCUT2D eigenvalue weighted by molar-refractivity contribution is 5.93. The topological polar surface area (TPSA) is 38.7 Å². The minimum absolute atomic E-state index is 0.0164. The minimum Gasteiger partial charge on any atom is -0.208 e. The SMILES string of the molecule is CC1(C)c2ccccc2-c2c(-c3ccc(-c4cccc(-c5cccc(-c6nc(-c7ccccc7)nc(-c7ccccc7)n6)c5)c4)cc3)cccc21. The summed E-state index contributed by atoms with van der Waals surface area (Å²) >= 11 is 0. The summed E-state index contributed by atoms with van der Waals surface area (Å²) in [5.74, 6) is 1.96. The zero-order valence-electron chi connectivity index (χ0n) is 28.6. The fourth-order valence-electron chi connectivity index (χ4n) is 7.49. The summed E-state index contributed by atoms with van der Waals surface area (Å²) in [4.78, 5) is 14.8. The summed E-state index contributed by atoms with van der Waals surface area (Å²) in [5.41, 5.74) is 15.5. The molecule has 3 heteroatoms. The van der Waals surface area contributed by atoms with Gasteiger partial charge in [-0.05, 0) is 67.8 Å². The van der Waals surface area contributed by atoms with Gasteiger partial charge in [-0.2, -0.15) is 0 Å². The number of benzene rings is 7. The summed E-state index contributed by atoms with van der Waals surface area (Å²) in [5, 5.41) is 0. The Kier molecular flexibility index (Phi) is 7.48. The van der Waals surface area contributed by atoms with E-state index in [0.29, 0.717) is 17.5 Å². The van der Waals surface area contributed by atoms with Crippen LogP contribution in [-0.2, 0) is 5.41 Å². The van der Waals surface area contributed by atoms with Crippen molar-refractivity contribution >= 4 is 0 Å². The molecular formula is C48H35N3. The van der Waals surface area contributed by atoms with Gasteiger partial charge in [0.05, 0.1) is 0 Å². The van der Waals surface area contributed by atoms with Gasteiger partial charge in [0.2, 0.25) is 0 Å². The predicted molar refractivity (Wildman–Crippen MR) is 210 cm³/mol. The van der Waals surface area contributed by atoms with Crippen LogP contribution in [0.3, 0.4) is 0 Å². The van der Waals surface area contributed by atoms with Crippen molar-refractivity contribution in [1.29, 1.82) is 0 Å². The molecular weight excluding hydrogens is 619 g/mol. The fourth-order valence-corrected chi connectivity index (χ4v) is 7.49. The van der Waals surface area contributed by atoms with Crippen LogP contribution in [0, 0.1) is 0 Å². The molecule has 0 saturated heterocycles. The van der Waals surface area contributed by atoms with Gasteiger partial charge >= 0.3 is 0 Å². The van der Waals surface area contributed by atoms with Crippen molar-refractivity contribution in [3.8, 4) is 78.7 Å². The summed E-state index contributed by atoms with van der Waals surface area (Å²) < 4.78 is 0. The van der Waals surface area contributed by atoms with Crippen LogP contribution in [0.2, 0.25) is 0 Å². The van der Waals surface area contributed by atoms with Crippen LogP contribution in [-0.4, -0.2) is 15.0 Å². The second-order valence-electron chi connectivity index (χ2n) is 13.7. The molecule has 8 aromatic rings. The number of nitrogens with zero attached hydrogens (tertiary/aromatic N) is 3. The lowest BCUT2D eigenvalue weighted by Crippen LogP contribution is -2.14. The third-order valence-electron chi connectivity index (χ3n) is 10.2. The maximum absolute atomic E-state index is 4.95. The molecule has 1 aliphatic carbocycles. The minimum atomic E-state index is -0.0164. The Morgan fingerprint density at radius 3 is 1.35 bits per heavy atom. The summed E-state index contributed by atoms with van der Waals surface area (Å²) in [6, 6.07) is 62.1. The average Bonchev–Trinajstić information content (AvgIpc) is 3.44. The van der Waals surface area contributed by atoms with Crippen molar-refractivity contribution < 1.29 is 0 Å². The molecule has 1 heterocycles. The number of hydrogen-bond donors (Lipinski definition) is 0. The lowest BCUT2D eigenvalue weighted by molar-refractivity contribution is 0.660. The van der Waals surface area contributed by atoms with Crippen LogP contribution in [0.1, 0.15) is 25.0 Å². The van der Waals surface area contributed by atoms with Crippen LogP contribution in [0.15, 0.2) is 176 Å². The van der Waals surface area contributed by atoms with Crippen LogP contribution < -0.4 is 0 Å². The van der Waals surface area contributed by atoms with E-state index in [1.165, 1.54) is 44.5 Å². The summed E-state index contributed by atoms with van der Waals surface area (Å²) in [6.07, 6.45) is 0. The number of aromatic nitrogens is 3. The zero-order chi connectivity index (χ0) is 34.4. The largest absolute Gasteiger partial charge is 0.208 e. The van der Waals surface area contributed by atoms with E-state index in [-0.39, 0.29) is 5.41 Å². The van der Waals surface area contributed by atoms with Gasteiger partial charge in [-0.3, -0.25) is 0 Å². The van der Waals surface area contributed by atoms with E-state index in [1.54, 1.807) is 0 Å². The maximum Gasteiger partial charge on any atom is 0.164 e. The number of hydrogen-bond acceptors (Lipinski definition) is 3. The summed E-state index contributed by atoms with van der Waals surface area (Å²) in [7, 11) is 0. The molecule has 0 unspecified atom stereocenters. The van der Waals surface area contributed by atoms with E-state index in [1.807, 2.05) is 60.7 Å². The van der Waals surface area contributed by atoms with E-state index in [0.717, 1.165) is 27.8 Å². The molecule has 9 rings (SSSR count). The van der Waals surface area contributed by atoms with Gasteiger partial charge in [-0.25, -0.2) is 15.0 Å². The highest BCUT2D eigenvalue weighted by Crippen LogP contribution is 2.52. The zero-order valence-corrected chi connectivity index (χ0v) is 28.6. The predicted octanol–water partition coefficient (Wildman–Crippen LogP) is 12.2. The van der Waals surface area contributed by atoms with Gasteiger partial charge in [0.15, 0.2) is 17.5 Å². The molecule has 51 heavy (non-hydrogen) atoms.